The van der Waals surface area contributed by atoms with Crippen LogP contribution in [0.3, 0.4) is 0 Å². The lowest BCUT2D eigenvalue weighted by Crippen LogP contribution is -2.27. The van der Waals surface area contributed by atoms with Crippen LogP contribution in [0, 0.1) is 0 Å². The average molecular weight is 318 g/mol. The van der Waals surface area contributed by atoms with Crippen molar-refractivity contribution in [3.63, 3.8) is 0 Å². The van der Waals surface area contributed by atoms with Crippen molar-refractivity contribution in [3.05, 3.63) is 30.3 Å². The van der Waals surface area contributed by atoms with E-state index in [1.54, 1.807) is 24.3 Å². The minimum atomic E-state index is -3.19. The first kappa shape index (κ1) is 16.5. The maximum atomic E-state index is 12.1. The highest BCUT2D eigenvalue weighted by Crippen LogP contribution is 2.14. The number of nitrogens with zero attached hydrogens (tertiary/aromatic N) is 1. The largest absolute Gasteiger partial charge is 0.358 e. The molecule has 3 nitrogen and oxygen atoms in total. The van der Waals surface area contributed by atoms with E-state index in [9.17, 15) is 8.42 Å². The minimum absolute atomic E-state index is 0.114. The molecule has 0 heterocycles. The quantitative estimate of drug-likeness (QED) is 0.754. The van der Waals surface area contributed by atoms with Gasteiger partial charge in [-0.25, -0.2) is 8.42 Å². The molecule has 0 unspecified atom stereocenters. The second-order valence-corrected chi connectivity index (χ2v) is 7.76. The standard InChI is InChI=1S/C13H19NO2S3/c1-3-14(4-2)13(17)18-10-11-19(15,16)12-8-6-5-7-9-12/h5-9H,3-4,10-11H2,1-2H3. The zero-order valence-electron chi connectivity index (χ0n) is 11.2. The molecule has 1 aromatic rings. The molecular formula is C13H19NO2S3. The monoisotopic (exact) mass is 317 g/mol. The summed E-state index contributed by atoms with van der Waals surface area (Å²) in [6, 6.07) is 8.54. The maximum absolute atomic E-state index is 12.1. The topological polar surface area (TPSA) is 37.4 Å². The van der Waals surface area contributed by atoms with Gasteiger partial charge in [-0.2, -0.15) is 0 Å². The molecule has 0 fully saturated rings. The average Bonchev–Trinajstić information content (AvgIpc) is 2.41. The van der Waals surface area contributed by atoms with Crippen molar-refractivity contribution in [2.24, 2.45) is 0 Å². The number of thioether (sulfide) groups is 1. The summed E-state index contributed by atoms with van der Waals surface area (Å²) in [7, 11) is -3.19. The van der Waals surface area contributed by atoms with Gasteiger partial charge in [0.15, 0.2) is 9.84 Å². The van der Waals surface area contributed by atoms with E-state index in [0.29, 0.717) is 10.6 Å². The summed E-state index contributed by atoms with van der Waals surface area (Å²) >= 11 is 6.71. The molecule has 0 aromatic heterocycles. The van der Waals surface area contributed by atoms with Gasteiger partial charge in [0.05, 0.1) is 10.6 Å². The number of sulfone groups is 1. The number of hydrogen-bond donors (Lipinski definition) is 0. The van der Waals surface area contributed by atoms with Crippen LogP contribution >= 0.6 is 24.0 Å². The maximum Gasteiger partial charge on any atom is 0.179 e. The third-order valence-electron chi connectivity index (χ3n) is 2.70. The van der Waals surface area contributed by atoms with Crippen molar-refractivity contribution in [3.8, 4) is 0 Å². The zero-order chi connectivity index (χ0) is 14.3. The molecule has 0 spiro atoms. The molecular weight excluding hydrogens is 298 g/mol. The Morgan fingerprint density at radius 2 is 1.79 bits per heavy atom. The van der Waals surface area contributed by atoms with Gasteiger partial charge in [0.1, 0.15) is 4.32 Å². The fourth-order valence-corrected chi connectivity index (χ4v) is 4.70. The molecule has 106 valence electrons. The van der Waals surface area contributed by atoms with E-state index in [2.05, 4.69) is 4.90 Å². The fraction of sp³-hybridized carbons (Fsp3) is 0.462. The predicted octanol–water partition coefficient (Wildman–Crippen LogP) is 2.82. The first-order valence-electron chi connectivity index (χ1n) is 6.20. The molecule has 1 rings (SSSR count). The summed E-state index contributed by atoms with van der Waals surface area (Å²) in [5.74, 6) is 0.607. The van der Waals surface area contributed by atoms with Gasteiger partial charge in [-0.1, -0.05) is 42.2 Å². The van der Waals surface area contributed by atoms with E-state index in [1.165, 1.54) is 11.8 Å². The van der Waals surface area contributed by atoms with Crippen LogP contribution in [0.15, 0.2) is 35.2 Å². The van der Waals surface area contributed by atoms with Crippen molar-refractivity contribution in [2.75, 3.05) is 24.6 Å². The summed E-state index contributed by atoms with van der Waals surface area (Å²) in [4.78, 5) is 2.43. The van der Waals surface area contributed by atoms with Crippen molar-refractivity contribution in [1.82, 2.24) is 4.90 Å². The van der Waals surface area contributed by atoms with E-state index in [-0.39, 0.29) is 5.75 Å². The lowest BCUT2D eigenvalue weighted by Gasteiger charge is -2.20. The summed E-state index contributed by atoms with van der Waals surface area (Å²) < 4.78 is 24.9. The van der Waals surface area contributed by atoms with Gasteiger partial charge in [0.2, 0.25) is 0 Å². The Labute approximate surface area is 125 Å². The van der Waals surface area contributed by atoms with E-state index in [0.717, 1.165) is 17.4 Å². The lowest BCUT2D eigenvalue weighted by atomic mass is 10.4. The van der Waals surface area contributed by atoms with Gasteiger partial charge in [0.25, 0.3) is 0 Å². The number of thiocarbonyl (C=S) groups is 1. The number of benzene rings is 1. The molecule has 0 bridgehead atoms. The van der Waals surface area contributed by atoms with Crippen LogP contribution in [0.1, 0.15) is 13.8 Å². The SMILES string of the molecule is CCN(CC)C(=S)SCCS(=O)(=O)c1ccccc1. The van der Waals surface area contributed by atoms with Crippen LogP contribution in [0.25, 0.3) is 0 Å². The molecule has 0 saturated carbocycles. The molecule has 0 N–H and O–H groups in total. The fourth-order valence-electron chi connectivity index (χ4n) is 1.56. The zero-order valence-corrected chi connectivity index (χ0v) is 13.7. The lowest BCUT2D eigenvalue weighted by molar-refractivity contribution is 0.482. The number of rotatable bonds is 6. The molecule has 0 atom stereocenters. The van der Waals surface area contributed by atoms with E-state index < -0.39 is 9.84 Å². The predicted molar refractivity (Wildman–Crippen MR) is 86.5 cm³/mol. The van der Waals surface area contributed by atoms with Crippen LogP contribution in [0.2, 0.25) is 0 Å². The van der Waals surface area contributed by atoms with Gasteiger partial charge < -0.3 is 4.90 Å². The summed E-state index contributed by atoms with van der Waals surface area (Å²) in [6.45, 7) is 5.79. The molecule has 0 aliphatic heterocycles. The Kier molecular flexibility index (Phi) is 6.82. The van der Waals surface area contributed by atoms with Crippen LogP contribution < -0.4 is 0 Å². The van der Waals surface area contributed by atoms with Gasteiger partial charge in [-0.3, -0.25) is 0 Å². The molecule has 19 heavy (non-hydrogen) atoms. The van der Waals surface area contributed by atoms with Crippen LogP contribution in [-0.4, -0.2) is 42.2 Å². The molecule has 0 aliphatic carbocycles. The molecule has 0 saturated heterocycles. The summed E-state index contributed by atoms with van der Waals surface area (Å²) in [5, 5.41) is 0. The molecule has 1 aromatic carbocycles. The number of hydrogen-bond acceptors (Lipinski definition) is 4. The Morgan fingerprint density at radius 1 is 1.21 bits per heavy atom. The smallest absolute Gasteiger partial charge is 0.179 e. The Hall–Kier alpha value is -0.590. The van der Waals surface area contributed by atoms with Gasteiger partial charge in [-0.05, 0) is 26.0 Å². The van der Waals surface area contributed by atoms with Crippen molar-refractivity contribution >= 4 is 38.1 Å². The second-order valence-electron chi connectivity index (χ2n) is 3.92. The highest BCUT2D eigenvalue weighted by atomic mass is 32.2. The van der Waals surface area contributed by atoms with Gasteiger partial charge in [-0.15, -0.1) is 0 Å². The minimum Gasteiger partial charge on any atom is -0.358 e. The van der Waals surface area contributed by atoms with Crippen molar-refractivity contribution in [2.45, 2.75) is 18.7 Å². The van der Waals surface area contributed by atoms with Crippen LogP contribution in [0.5, 0.6) is 0 Å². The van der Waals surface area contributed by atoms with Crippen molar-refractivity contribution < 1.29 is 8.42 Å². The Balaban J connectivity index is 2.52. The van der Waals surface area contributed by atoms with E-state index in [4.69, 9.17) is 12.2 Å². The van der Waals surface area contributed by atoms with E-state index in [1.807, 2.05) is 19.9 Å². The third-order valence-corrected chi connectivity index (χ3v) is 6.22. The molecule has 0 radical (unpaired) electrons. The van der Waals surface area contributed by atoms with Gasteiger partial charge >= 0.3 is 0 Å². The summed E-state index contributed by atoms with van der Waals surface area (Å²) in [6.07, 6.45) is 0. The van der Waals surface area contributed by atoms with Crippen LogP contribution in [-0.2, 0) is 9.84 Å². The van der Waals surface area contributed by atoms with Crippen molar-refractivity contribution in [1.29, 1.82) is 0 Å². The first-order chi connectivity index (χ1) is 9.01. The molecule has 0 amide bonds. The highest BCUT2D eigenvalue weighted by Gasteiger charge is 2.14. The second kappa shape index (κ2) is 7.87. The highest BCUT2D eigenvalue weighted by molar-refractivity contribution is 8.23. The third kappa shape index (κ3) is 5.12. The summed E-state index contributed by atoms with van der Waals surface area (Å²) in [5.41, 5.74) is 0. The first-order valence-corrected chi connectivity index (χ1v) is 9.25. The Bertz CT molecular complexity index is 496. The normalized spacial score (nSPS) is 11.3. The van der Waals surface area contributed by atoms with E-state index >= 15 is 0 Å². The van der Waals surface area contributed by atoms with Gasteiger partial charge in [0, 0.05) is 18.8 Å². The molecule has 6 heteroatoms. The van der Waals surface area contributed by atoms with Crippen LogP contribution in [0.4, 0.5) is 0 Å². The Morgan fingerprint density at radius 3 is 2.32 bits per heavy atom. The molecule has 0 aliphatic rings.